The lowest BCUT2D eigenvalue weighted by Gasteiger charge is -2.17. The van der Waals surface area contributed by atoms with E-state index < -0.39 is 0 Å². The largest absolute Gasteiger partial charge is 0.397 e. The number of amides is 1. The lowest BCUT2D eigenvalue weighted by atomic mass is 10.2. The predicted octanol–water partition coefficient (Wildman–Crippen LogP) is 1.80. The smallest absolute Gasteiger partial charge is 0.270 e. The number of rotatable bonds is 5. The average Bonchev–Trinajstić information content (AvgIpc) is 2.86. The fraction of sp³-hybridized carbons (Fsp3) is 0.333. The summed E-state index contributed by atoms with van der Waals surface area (Å²) in [6.07, 6.45) is 4.30. The van der Waals surface area contributed by atoms with Crippen molar-refractivity contribution in [1.29, 1.82) is 0 Å². The van der Waals surface area contributed by atoms with Crippen LogP contribution in [0.1, 0.15) is 23.1 Å². The molecular formula is C15H20N4O. The Bertz CT molecular complexity index is 577. The lowest BCUT2D eigenvalue weighted by Crippen LogP contribution is -2.30. The Morgan fingerprint density at radius 2 is 2.25 bits per heavy atom. The molecule has 0 saturated carbocycles. The van der Waals surface area contributed by atoms with Gasteiger partial charge < -0.3 is 15.2 Å². The van der Waals surface area contributed by atoms with E-state index in [2.05, 4.69) is 4.98 Å². The number of nitrogens with zero attached hydrogens (tertiary/aromatic N) is 3. The minimum Gasteiger partial charge on any atom is -0.397 e. The van der Waals surface area contributed by atoms with Crippen molar-refractivity contribution in [2.24, 2.45) is 0 Å². The Kier molecular flexibility index (Phi) is 4.40. The molecule has 2 rings (SSSR count). The standard InChI is InChI=1S/C15H20N4O/c1-3-19-11-12(16)10-14(19)15(20)18(2)9-7-13-6-4-5-8-17-13/h4-6,8,10-11H,3,7,9,16H2,1-2H3. The van der Waals surface area contributed by atoms with E-state index in [-0.39, 0.29) is 5.91 Å². The molecule has 20 heavy (non-hydrogen) atoms. The van der Waals surface area contributed by atoms with E-state index in [1.807, 2.05) is 29.7 Å². The van der Waals surface area contributed by atoms with Crippen LogP contribution in [0.15, 0.2) is 36.7 Å². The van der Waals surface area contributed by atoms with Crippen LogP contribution in [-0.4, -0.2) is 34.0 Å². The average molecular weight is 272 g/mol. The topological polar surface area (TPSA) is 64.2 Å². The van der Waals surface area contributed by atoms with Crippen LogP contribution in [0, 0.1) is 0 Å². The number of carbonyl (C=O) groups is 1. The highest BCUT2D eigenvalue weighted by molar-refractivity contribution is 5.93. The van der Waals surface area contributed by atoms with Crippen molar-refractivity contribution in [2.75, 3.05) is 19.3 Å². The summed E-state index contributed by atoms with van der Waals surface area (Å²) in [5, 5.41) is 0. The highest BCUT2D eigenvalue weighted by Crippen LogP contribution is 2.12. The first-order valence-corrected chi connectivity index (χ1v) is 6.73. The van der Waals surface area contributed by atoms with Crippen LogP contribution >= 0.6 is 0 Å². The second-order valence-electron chi connectivity index (χ2n) is 4.74. The van der Waals surface area contributed by atoms with E-state index in [0.717, 1.165) is 18.7 Å². The molecule has 0 aliphatic carbocycles. The molecule has 0 aliphatic heterocycles. The Labute approximate surface area is 119 Å². The summed E-state index contributed by atoms with van der Waals surface area (Å²) < 4.78 is 1.87. The molecule has 2 aromatic heterocycles. The number of anilines is 1. The van der Waals surface area contributed by atoms with Crippen LogP contribution < -0.4 is 5.73 Å². The van der Waals surface area contributed by atoms with Crippen molar-refractivity contribution in [3.8, 4) is 0 Å². The van der Waals surface area contributed by atoms with Gasteiger partial charge >= 0.3 is 0 Å². The van der Waals surface area contributed by atoms with Crippen molar-refractivity contribution >= 4 is 11.6 Å². The lowest BCUT2D eigenvalue weighted by molar-refractivity contribution is 0.0786. The quantitative estimate of drug-likeness (QED) is 0.902. The zero-order valence-corrected chi connectivity index (χ0v) is 11.9. The van der Waals surface area contributed by atoms with Gasteiger partial charge in [-0.25, -0.2) is 0 Å². The molecule has 0 spiro atoms. The highest BCUT2D eigenvalue weighted by atomic mass is 16.2. The third kappa shape index (κ3) is 3.17. The summed E-state index contributed by atoms with van der Waals surface area (Å²) in [6, 6.07) is 7.52. The maximum Gasteiger partial charge on any atom is 0.270 e. The van der Waals surface area contributed by atoms with Crippen LogP contribution in [0.25, 0.3) is 0 Å². The molecule has 106 valence electrons. The number of hydrogen-bond donors (Lipinski definition) is 1. The fourth-order valence-electron chi connectivity index (χ4n) is 2.10. The molecule has 0 unspecified atom stereocenters. The zero-order valence-electron chi connectivity index (χ0n) is 11.9. The number of pyridine rings is 1. The molecule has 5 nitrogen and oxygen atoms in total. The summed E-state index contributed by atoms with van der Waals surface area (Å²) >= 11 is 0. The summed E-state index contributed by atoms with van der Waals surface area (Å²) in [5.41, 5.74) is 7.99. The first kappa shape index (κ1) is 14.1. The Hall–Kier alpha value is -2.30. The van der Waals surface area contributed by atoms with Crippen molar-refractivity contribution in [3.05, 3.63) is 48.0 Å². The van der Waals surface area contributed by atoms with Gasteiger partial charge in [-0.2, -0.15) is 0 Å². The molecule has 2 N–H and O–H groups in total. The number of nitrogen functional groups attached to an aromatic ring is 1. The summed E-state index contributed by atoms with van der Waals surface area (Å²) in [7, 11) is 1.80. The van der Waals surface area contributed by atoms with Gasteiger partial charge in [-0.3, -0.25) is 9.78 Å². The SMILES string of the molecule is CCn1cc(N)cc1C(=O)N(C)CCc1ccccn1. The van der Waals surface area contributed by atoms with E-state index in [4.69, 9.17) is 5.73 Å². The third-order valence-corrected chi connectivity index (χ3v) is 3.25. The third-order valence-electron chi connectivity index (χ3n) is 3.25. The highest BCUT2D eigenvalue weighted by Gasteiger charge is 2.16. The van der Waals surface area contributed by atoms with E-state index >= 15 is 0 Å². The van der Waals surface area contributed by atoms with E-state index in [1.165, 1.54) is 0 Å². The van der Waals surface area contributed by atoms with Gasteiger partial charge in [-0.05, 0) is 25.1 Å². The molecule has 0 aliphatic rings. The summed E-state index contributed by atoms with van der Waals surface area (Å²) in [4.78, 5) is 18.3. The van der Waals surface area contributed by atoms with Gasteiger partial charge in [0.1, 0.15) is 5.69 Å². The molecule has 0 bridgehead atoms. The van der Waals surface area contributed by atoms with E-state index in [0.29, 0.717) is 17.9 Å². The number of aryl methyl sites for hydroxylation is 1. The van der Waals surface area contributed by atoms with Gasteiger partial charge in [0.15, 0.2) is 0 Å². The zero-order chi connectivity index (χ0) is 14.5. The first-order valence-electron chi connectivity index (χ1n) is 6.73. The molecule has 0 aromatic carbocycles. The molecule has 2 heterocycles. The fourth-order valence-corrected chi connectivity index (χ4v) is 2.10. The molecule has 0 atom stereocenters. The predicted molar refractivity (Wildman–Crippen MR) is 79.4 cm³/mol. The molecule has 1 amide bonds. The number of likely N-dealkylation sites (N-methyl/N-ethyl adjacent to an activating group) is 1. The van der Waals surface area contributed by atoms with E-state index in [9.17, 15) is 4.79 Å². The maximum atomic E-state index is 12.4. The second-order valence-corrected chi connectivity index (χ2v) is 4.74. The monoisotopic (exact) mass is 272 g/mol. The summed E-state index contributed by atoms with van der Waals surface area (Å²) in [5.74, 6) is -0.0144. The van der Waals surface area contributed by atoms with Gasteiger partial charge in [-0.15, -0.1) is 0 Å². The van der Waals surface area contributed by atoms with Crippen LogP contribution in [0.5, 0.6) is 0 Å². The number of aromatic nitrogens is 2. The van der Waals surface area contributed by atoms with Crippen LogP contribution in [0.4, 0.5) is 5.69 Å². The van der Waals surface area contributed by atoms with Gasteiger partial charge in [0, 0.05) is 44.6 Å². The molecule has 2 aromatic rings. The maximum absolute atomic E-state index is 12.4. The Balaban J connectivity index is 2.01. The van der Waals surface area contributed by atoms with Crippen molar-refractivity contribution in [3.63, 3.8) is 0 Å². The van der Waals surface area contributed by atoms with Gasteiger partial charge in [0.2, 0.25) is 0 Å². The number of carbonyl (C=O) groups excluding carboxylic acids is 1. The van der Waals surface area contributed by atoms with Crippen LogP contribution in [-0.2, 0) is 13.0 Å². The molecule has 5 heteroatoms. The molecule has 0 fully saturated rings. The minimum absolute atomic E-state index is 0.0144. The van der Waals surface area contributed by atoms with Crippen molar-refractivity contribution in [2.45, 2.75) is 19.9 Å². The Morgan fingerprint density at radius 3 is 2.90 bits per heavy atom. The van der Waals surface area contributed by atoms with Gasteiger partial charge in [0.05, 0.1) is 5.69 Å². The van der Waals surface area contributed by atoms with Crippen molar-refractivity contribution in [1.82, 2.24) is 14.5 Å². The van der Waals surface area contributed by atoms with Gasteiger partial charge in [0.25, 0.3) is 5.91 Å². The normalized spacial score (nSPS) is 10.5. The van der Waals surface area contributed by atoms with Crippen LogP contribution in [0.3, 0.4) is 0 Å². The first-order chi connectivity index (χ1) is 9.61. The summed E-state index contributed by atoms with van der Waals surface area (Å²) in [6.45, 7) is 3.35. The molecule has 0 saturated heterocycles. The van der Waals surface area contributed by atoms with Gasteiger partial charge in [-0.1, -0.05) is 6.07 Å². The molecule has 0 radical (unpaired) electrons. The van der Waals surface area contributed by atoms with E-state index in [1.54, 1.807) is 30.4 Å². The number of nitrogens with two attached hydrogens (primary N) is 1. The minimum atomic E-state index is -0.0144. The van der Waals surface area contributed by atoms with Crippen molar-refractivity contribution < 1.29 is 4.79 Å². The Morgan fingerprint density at radius 1 is 1.45 bits per heavy atom. The number of hydrogen-bond acceptors (Lipinski definition) is 3. The second kappa shape index (κ2) is 6.23. The molecular weight excluding hydrogens is 252 g/mol. The van der Waals surface area contributed by atoms with Crippen LogP contribution in [0.2, 0.25) is 0 Å².